The van der Waals surface area contributed by atoms with Crippen LogP contribution in [0.5, 0.6) is 11.5 Å². The van der Waals surface area contributed by atoms with Crippen LogP contribution in [0.25, 0.3) is 11.3 Å². The summed E-state index contributed by atoms with van der Waals surface area (Å²) in [5, 5.41) is 15.5. The molecule has 2 aromatic heterocycles. The highest BCUT2D eigenvalue weighted by molar-refractivity contribution is 7.93. The summed E-state index contributed by atoms with van der Waals surface area (Å²) in [5.41, 5.74) is 1.22. The second kappa shape index (κ2) is 8.17. The number of sulfonamides is 1. The summed E-state index contributed by atoms with van der Waals surface area (Å²) in [6, 6.07) is 11.5. The molecule has 0 fully saturated rings. The third-order valence-electron chi connectivity index (χ3n) is 4.30. The number of hydrogen-bond acceptors (Lipinski definition) is 7. The van der Waals surface area contributed by atoms with Crippen LogP contribution in [-0.4, -0.2) is 23.2 Å². The quantitative estimate of drug-likeness (QED) is 0.468. The predicted molar refractivity (Wildman–Crippen MR) is 113 cm³/mol. The lowest BCUT2D eigenvalue weighted by Gasteiger charge is -2.13. The number of anilines is 1. The van der Waals surface area contributed by atoms with Gasteiger partial charge in [0.2, 0.25) is 0 Å². The average Bonchev–Trinajstić information content (AvgIpc) is 3.40. The zero-order valence-corrected chi connectivity index (χ0v) is 17.6. The number of halogens is 1. The molecule has 2 heterocycles. The number of ether oxygens (including phenoxy) is 1. The van der Waals surface area contributed by atoms with Gasteiger partial charge in [0, 0.05) is 36.5 Å². The monoisotopic (exact) mass is 455 g/mol. The molecule has 0 aliphatic rings. The van der Waals surface area contributed by atoms with E-state index in [4.69, 9.17) is 4.74 Å². The summed E-state index contributed by atoms with van der Waals surface area (Å²) in [5.74, 6) is -0.271. The van der Waals surface area contributed by atoms with Crippen LogP contribution in [0.3, 0.4) is 0 Å². The highest BCUT2D eigenvalue weighted by atomic mass is 32.2. The summed E-state index contributed by atoms with van der Waals surface area (Å²) in [4.78, 5) is 3.76. The van der Waals surface area contributed by atoms with E-state index in [0.717, 1.165) is 11.3 Å². The highest BCUT2D eigenvalue weighted by Gasteiger charge is 2.19. The fourth-order valence-corrected chi connectivity index (χ4v) is 4.66. The molecule has 4 aromatic rings. The molecular formula is C20H14FN5O3S2. The van der Waals surface area contributed by atoms with E-state index in [0.29, 0.717) is 11.3 Å². The molecule has 1 N–H and O–H groups in total. The molecule has 0 saturated heterocycles. The van der Waals surface area contributed by atoms with Crippen molar-refractivity contribution in [1.29, 1.82) is 5.26 Å². The Kier molecular flexibility index (Phi) is 5.41. The second-order valence-corrected chi connectivity index (χ2v) is 8.87. The van der Waals surface area contributed by atoms with Gasteiger partial charge in [0.25, 0.3) is 10.0 Å². The first kappa shape index (κ1) is 20.5. The number of nitrogens with one attached hydrogen (secondary N) is 1. The molecule has 2 aromatic carbocycles. The Morgan fingerprint density at radius 3 is 2.68 bits per heavy atom. The van der Waals surface area contributed by atoms with Gasteiger partial charge in [-0.3, -0.25) is 9.40 Å². The maximum atomic E-state index is 13.9. The van der Waals surface area contributed by atoms with Crippen molar-refractivity contribution < 1.29 is 17.5 Å². The largest absolute Gasteiger partial charge is 0.455 e. The van der Waals surface area contributed by atoms with E-state index in [9.17, 15) is 18.1 Å². The Balaban J connectivity index is 1.70. The average molecular weight is 455 g/mol. The number of nitriles is 1. The van der Waals surface area contributed by atoms with Crippen molar-refractivity contribution in [3.05, 3.63) is 71.6 Å². The smallest absolute Gasteiger partial charge is 0.263 e. The minimum atomic E-state index is -3.94. The lowest BCUT2D eigenvalue weighted by Crippen LogP contribution is -2.13. The molecule has 11 heteroatoms. The summed E-state index contributed by atoms with van der Waals surface area (Å²) in [7, 11) is -2.21. The standard InChI is InChI=1S/C20H14FN5O3S2/c1-26-17(6-7-24-26)16-4-2-14(21)11-19(16)29-18-5-3-15(10-13(18)12-22)31(27,28)25-20-23-8-9-30-20/h2-11H,1H3,(H,23,25). The van der Waals surface area contributed by atoms with Gasteiger partial charge in [0.15, 0.2) is 5.13 Å². The van der Waals surface area contributed by atoms with E-state index in [2.05, 4.69) is 14.8 Å². The third-order valence-corrected chi connectivity index (χ3v) is 6.45. The van der Waals surface area contributed by atoms with Crippen LogP contribution in [-0.2, 0) is 17.1 Å². The molecule has 4 rings (SSSR count). The maximum Gasteiger partial charge on any atom is 0.263 e. The molecule has 31 heavy (non-hydrogen) atoms. The summed E-state index contributed by atoms with van der Waals surface area (Å²) >= 11 is 1.13. The van der Waals surface area contributed by atoms with Crippen LogP contribution in [0.2, 0.25) is 0 Å². The summed E-state index contributed by atoms with van der Waals surface area (Å²) in [6.45, 7) is 0. The van der Waals surface area contributed by atoms with E-state index in [-0.39, 0.29) is 27.1 Å². The molecule has 0 radical (unpaired) electrons. The predicted octanol–water partition coefficient (Wildman–Crippen LogP) is 4.15. The van der Waals surface area contributed by atoms with Gasteiger partial charge in [0.05, 0.1) is 16.2 Å². The van der Waals surface area contributed by atoms with E-state index in [1.165, 1.54) is 36.5 Å². The van der Waals surface area contributed by atoms with Crippen molar-refractivity contribution in [2.24, 2.45) is 7.05 Å². The number of thiazole rings is 1. The van der Waals surface area contributed by atoms with Crippen LogP contribution in [0.1, 0.15) is 5.56 Å². The van der Waals surface area contributed by atoms with E-state index in [1.807, 2.05) is 6.07 Å². The fourth-order valence-electron chi connectivity index (χ4n) is 2.85. The van der Waals surface area contributed by atoms with Gasteiger partial charge in [-0.25, -0.2) is 17.8 Å². The van der Waals surface area contributed by atoms with Crippen molar-refractivity contribution in [3.63, 3.8) is 0 Å². The number of aromatic nitrogens is 3. The molecule has 0 aliphatic heterocycles. The number of nitrogens with zero attached hydrogens (tertiary/aromatic N) is 4. The lowest BCUT2D eigenvalue weighted by atomic mass is 10.1. The second-order valence-electron chi connectivity index (χ2n) is 6.30. The van der Waals surface area contributed by atoms with Gasteiger partial charge in [-0.15, -0.1) is 11.3 Å². The minimum absolute atomic E-state index is 0.0257. The summed E-state index contributed by atoms with van der Waals surface area (Å²) in [6.07, 6.45) is 3.07. The van der Waals surface area contributed by atoms with Crippen LogP contribution in [0.4, 0.5) is 9.52 Å². The van der Waals surface area contributed by atoms with Gasteiger partial charge >= 0.3 is 0 Å². The van der Waals surface area contributed by atoms with Crippen LogP contribution >= 0.6 is 11.3 Å². The molecule has 0 amide bonds. The van der Waals surface area contributed by atoms with Gasteiger partial charge in [-0.2, -0.15) is 10.4 Å². The third kappa shape index (κ3) is 4.25. The maximum absolute atomic E-state index is 13.9. The Labute approximate surface area is 181 Å². The zero-order chi connectivity index (χ0) is 22.0. The number of hydrogen-bond donors (Lipinski definition) is 1. The molecule has 0 unspecified atom stereocenters. The normalized spacial score (nSPS) is 11.1. The van der Waals surface area contributed by atoms with Gasteiger partial charge in [-0.1, -0.05) is 0 Å². The van der Waals surface area contributed by atoms with Crippen LogP contribution in [0.15, 0.2) is 65.1 Å². The van der Waals surface area contributed by atoms with E-state index < -0.39 is 15.8 Å². The first-order valence-electron chi connectivity index (χ1n) is 8.79. The van der Waals surface area contributed by atoms with Crippen molar-refractivity contribution in [2.75, 3.05) is 4.72 Å². The lowest BCUT2D eigenvalue weighted by molar-refractivity contribution is 0.476. The Bertz CT molecular complexity index is 1390. The first-order valence-corrected chi connectivity index (χ1v) is 11.2. The van der Waals surface area contributed by atoms with E-state index in [1.54, 1.807) is 35.4 Å². The van der Waals surface area contributed by atoms with Crippen LogP contribution < -0.4 is 9.46 Å². The van der Waals surface area contributed by atoms with Gasteiger partial charge < -0.3 is 4.74 Å². The molecule has 0 bridgehead atoms. The number of aryl methyl sites for hydroxylation is 1. The Hall–Kier alpha value is -3.75. The van der Waals surface area contributed by atoms with Gasteiger partial charge in [0.1, 0.15) is 23.4 Å². The molecule has 0 spiro atoms. The molecule has 156 valence electrons. The zero-order valence-electron chi connectivity index (χ0n) is 16.0. The molecule has 8 nitrogen and oxygen atoms in total. The van der Waals surface area contributed by atoms with Crippen molar-refractivity contribution in [1.82, 2.24) is 14.8 Å². The summed E-state index contributed by atoms with van der Waals surface area (Å²) < 4.78 is 48.8. The molecule has 0 saturated carbocycles. The minimum Gasteiger partial charge on any atom is -0.455 e. The topological polar surface area (TPSA) is 110 Å². The van der Waals surface area contributed by atoms with Crippen molar-refractivity contribution >= 4 is 26.5 Å². The number of rotatable bonds is 6. The van der Waals surface area contributed by atoms with Crippen LogP contribution in [0, 0.1) is 17.1 Å². The van der Waals surface area contributed by atoms with E-state index >= 15 is 0 Å². The SMILES string of the molecule is Cn1nccc1-c1ccc(F)cc1Oc1ccc(S(=O)(=O)Nc2nccs2)cc1C#N. The molecule has 0 aliphatic carbocycles. The Morgan fingerprint density at radius 1 is 1.16 bits per heavy atom. The highest BCUT2D eigenvalue weighted by Crippen LogP contribution is 2.35. The fraction of sp³-hybridized carbons (Fsp3) is 0.0500. The Morgan fingerprint density at radius 2 is 2.00 bits per heavy atom. The molecule has 0 atom stereocenters. The van der Waals surface area contributed by atoms with Gasteiger partial charge in [-0.05, 0) is 36.4 Å². The molecular weight excluding hydrogens is 441 g/mol. The van der Waals surface area contributed by atoms with Crippen molar-refractivity contribution in [2.45, 2.75) is 4.90 Å². The number of benzene rings is 2. The first-order chi connectivity index (χ1) is 14.9. The van der Waals surface area contributed by atoms with Crippen molar-refractivity contribution in [3.8, 4) is 28.8 Å².